The second kappa shape index (κ2) is 6.55. The van der Waals surface area contributed by atoms with Crippen LogP contribution in [0.15, 0.2) is 30.6 Å². The molecule has 1 saturated heterocycles. The number of tetrazole rings is 1. The van der Waals surface area contributed by atoms with Gasteiger partial charge in [0, 0.05) is 31.5 Å². The maximum Gasteiger partial charge on any atom is 0.222 e. The van der Waals surface area contributed by atoms with Crippen molar-refractivity contribution in [2.45, 2.75) is 50.2 Å². The third-order valence-corrected chi connectivity index (χ3v) is 5.78. The molecule has 1 aromatic heterocycles. The van der Waals surface area contributed by atoms with Crippen molar-refractivity contribution in [1.29, 1.82) is 0 Å². The van der Waals surface area contributed by atoms with Crippen LogP contribution < -0.4 is 0 Å². The molecule has 4 rings (SSSR count). The summed E-state index contributed by atoms with van der Waals surface area (Å²) in [6.45, 7) is 2.09. The number of aromatic nitrogens is 4. The summed E-state index contributed by atoms with van der Waals surface area (Å²) in [7, 11) is 0. The summed E-state index contributed by atoms with van der Waals surface area (Å²) in [5, 5.41) is 21.7. The third kappa shape index (κ3) is 2.93. The van der Waals surface area contributed by atoms with Gasteiger partial charge >= 0.3 is 0 Å². The Labute approximate surface area is 146 Å². The van der Waals surface area contributed by atoms with Gasteiger partial charge in [0.05, 0.1) is 6.10 Å². The van der Waals surface area contributed by atoms with Gasteiger partial charge in [-0.1, -0.05) is 24.3 Å². The van der Waals surface area contributed by atoms with Gasteiger partial charge in [-0.2, -0.15) is 0 Å². The molecule has 1 atom stereocenters. The van der Waals surface area contributed by atoms with E-state index in [0.29, 0.717) is 13.0 Å². The third-order valence-electron chi connectivity index (χ3n) is 5.78. The molecular formula is C18H23N5O2. The Morgan fingerprint density at radius 2 is 2.08 bits per heavy atom. The van der Waals surface area contributed by atoms with Crippen LogP contribution in [0, 0.1) is 0 Å². The molecule has 1 aromatic carbocycles. The summed E-state index contributed by atoms with van der Waals surface area (Å²) in [5.74, 6) is 0.184. The van der Waals surface area contributed by atoms with Crippen LogP contribution in [0.1, 0.15) is 36.8 Å². The van der Waals surface area contributed by atoms with Gasteiger partial charge in [0.2, 0.25) is 5.91 Å². The number of piperidine rings is 1. The van der Waals surface area contributed by atoms with Crippen molar-refractivity contribution in [3.63, 3.8) is 0 Å². The van der Waals surface area contributed by atoms with E-state index < -0.39 is 0 Å². The Balaban J connectivity index is 1.34. The number of nitrogens with zero attached hydrogens (tertiary/aromatic N) is 5. The van der Waals surface area contributed by atoms with Crippen molar-refractivity contribution in [3.8, 4) is 0 Å². The molecule has 1 N–H and O–H groups in total. The average molecular weight is 341 g/mol. The van der Waals surface area contributed by atoms with E-state index in [1.165, 1.54) is 11.1 Å². The lowest BCUT2D eigenvalue weighted by atomic mass is 9.72. The molecule has 0 bridgehead atoms. The minimum Gasteiger partial charge on any atom is -0.392 e. The van der Waals surface area contributed by atoms with Crippen LogP contribution in [-0.4, -0.2) is 55.3 Å². The number of aliphatic hydroxyl groups excluding tert-OH is 1. The minimum absolute atomic E-state index is 0.167. The zero-order valence-corrected chi connectivity index (χ0v) is 14.2. The summed E-state index contributed by atoms with van der Waals surface area (Å²) in [6.07, 6.45) is 4.88. The normalized spacial score (nSPS) is 21.5. The van der Waals surface area contributed by atoms with Gasteiger partial charge in [0.25, 0.3) is 0 Å². The van der Waals surface area contributed by atoms with Gasteiger partial charge < -0.3 is 10.0 Å². The monoisotopic (exact) mass is 341 g/mol. The largest absolute Gasteiger partial charge is 0.392 e. The molecule has 1 aliphatic heterocycles. The van der Waals surface area contributed by atoms with Crippen molar-refractivity contribution in [1.82, 2.24) is 25.1 Å². The zero-order valence-electron chi connectivity index (χ0n) is 14.2. The van der Waals surface area contributed by atoms with Crippen molar-refractivity contribution >= 4 is 5.91 Å². The molecule has 7 heteroatoms. The number of hydrogen-bond acceptors (Lipinski definition) is 5. The highest BCUT2D eigenvalue weighted by Crippen LogP contribution is 2.46. The summed E-state index contributed by atoms with van der Waals surface area (Å²) in [5.41, 5.74) is 2.38. The number of carbonyl (C=O) groups excluding carboxylic acids is 1. The first kappa shape index (κ1) is 16.2. The van der Waals surface area contributed by atoms with Crippen LogP contribution in [0.5, 0.6) is 0 Å². The van der Waals surface area contributed by atoms with E-state index in [4.69, 9.17) is 0 Å². The summed E-state index contributed by atoms with van der Waals surface area (Å²) < 4.78 is 1.64. The van der Waals surface area contributed by atoms with Crippen molar-refractivity contribution in [2.75, 3.05) is 13.1 Å². The predicted molar refractivity (Wildman–Crippen MR) is 90.7 cm³/mol. The Morgan fingerprint density at radius 1 is 1.28 bits per heavy atom. The molecule has 132 valence electrons. The lowest BCUT2D eigenvalue weighted by Gasteiger charge is -2.42. The van der Waals surface area contributed by atoms with Crippen molar-refractivity contribution < 1.29 is 9.90 Å². The number of amides is 1. The average Bonchev–Trinajstić information content (AvgIpc) is 3.23. The number of carbonyl (C=O) groups is 1. The minimum atomic E-state index is -0.332. The van der Waals surface area contributed by atoms with Gasteiger partial charge in [-0.25, -0.2) is 4.68 Å². The number of fused-ring (bicyclic) bond motifs is 2. The Bertz CT molecular complexity index is 738. The lowest BCUT2D eigenvalue weighted by molar-refractivity contribution is -0.133. The molecular weight excluding hydrogens is 318 g/mol. The lowest BCUT2D eigenvalue weighted by Crippen LogP contribution is -2.49. The van der Waals surface area contributed by atoms with E-state index in [0.717, 1.165) is 38.8 Å². The molecule has 1 amide bonds. The van der Waals surface area contributed by atoms with Crippen molar-refractivity contribution in [2.24, 2.45) is 0 Å². The van der Waals surface area contributed by atoms with E-state index in [1.807, 2.05) is 11.0 Å². The molecule has 0 saturated carbocycles. The topological polar surface area (TPSA) is 84.1 Å². The zero-order chi connectivity index (χ0) is 17.3. The highest BCUT2D eigenvalue weighted by molar-refractivity contribution is 5.76. The summed E-state index contributed by atoms with van der Waals surface area (Å²) in [6, 6.07) is 8.35. The van der Waals surface area contributed by atoms with Gasteiger partial charge in [-0.3, -0.25) is 4.79 Å². The molecule has 0 unspecified atom stereocenters. The molecule has 25 heavy (non-hydrogen) atoms. The smallest absolute Gasteiger partial charge is 0.222 e. The van der Waals surface area contributed by atoms with Crippen molar-refractivity contribution in [3.05, 3.63) is 41.7 Å². The molecule has 2 aromatic rings. The number of likely N-dealkylation sites (tertiary alicyclic amines) is 1. The van der Waals surface area contributed by atoms with Gasteiger partial charge in [0.15, 0.2) is 0 Å². The fourth-order valence-electron chi connectivity index (χ4n) is 4.36. The van der Waals surface area contributed by atoms with Gasteiger partial charge in [-0.15, -0.1) is 5.10 Å². The van der Waals surface area contributed by atoms with Crippen LogP contribution >= 0.6 is 0 Å². The molecule has 1 spiro atoms. The van der Waals surface area contributed by atoms with E-state index >= 15 is 0 Å². The van der Waals surface area contributed by atoms with Crippen LogP contribution in [-0.2, 0) is 23.2 Å². The van der Waals surface area contributed by atoms with E-state index in [2.05, 4.69) is 33.7 Å². The van der Waals surface area contributed by atoms with Crippen LogP contribution in [0.2, 0.25) is 0 Å². The second-order valence-corrected chi connectivity index (χ2v) is 7.09. The first-order valence-electron chi connectivity index (χ1n) is 8.94. The number of aryl methyl sites for hydroxylation is 1. The molecule has 7 nitrogen and oxygen atoms in total. The Morgan fingerprint density at radius 3 is 2.84 bits per heavy atom. The SMILES string of the molecule is O=C(CCCn1cnnn1)N1CCC2(CC1)c1ccccc1C[C@H]2O. The highest BCUT2D eigenvalue weighted by Gasteiger charge is 2.47. The standard InChI is InChI=1S/C18H23N5O2/c24-16-12-14-4-1-2-5-15(14)18(16)7-10-22(11-8-18)17(25)6-3-9-23-13-19-20-21-23/h1-2,4-5,13,16,24H,3,6-12H2/t16-/m1/s1. The maximum absolute atomic E-state index is 12.5. The molecule has 1 fully saturated rings. The Kier molecular flexibility index (Phi) is 4.25. The van der Waals surface area contributed by atoms with E-state index in [1.54, 1.807) is 11.0 Å². The first-order chi connectivity index (χ1) is 12.2. The first-order valence-corrected chi connectivity index (χ1v) is 8.94. The fraction of sp³-hybridized carbons (Fsp3) is 0.556. The number of benzene rings is 1. The van der Waals surface area contributed by atoms with Crippen LogP contribution in [0.25, 0.3) is 0 Å². The van der Waals surface area contributed by atoms with Gasteiger partial charge in [0.1, 0.15) is 6.33 Å². The molecule has 2 heterocycles. The number of rotatable bonds is 4. The number of aliphatic hydroxyl groups is 1. The quantitative estimate of drug-likeness (QED) is 0.894. The summed E-state index contributed by atoms with van der Waals surface area (Å²) in [4.78, 5) is 14.4. The second-order valence-electron chi connectivity index (χ2n) is 7.09. The highest BCUT2D eigenvalue weighted by atomic mass is 16.3. The molecule has 2 aliphatic rings. The molecule has 0 radical (unpaired) electrons. The van der Waals surface area contributed by atoms with E-state index in [9.17, 15) is 9.90 Å². The Hall–Kier alpha value is -2.28. The predicted octanol–water partition coefficient (Wildman–Crippen LogP) is 0.931. The maximum atomic E-state index is 12.5. The summed E-state index contributed by atoms with van der Waals surface area (Å²) >= 11 is 0. The van der Waals surface area contributed by atoms with Crippen LogP contribution in [0.3, 0.4) is 0 Å². The number of hydrogen-bond donors (Lipinski definition) is 1. The van der Waals surface area contributed by atoms with Crippen LogP contribution in [0.4, 0.5) is 0 Å². The van der Waals surface area contributed by atoms with Gasteiger partial charge in [-0.05, 0) is 47.2 Å². The van der Waals surface area contributed by atoms with E-state index in [-0.39, 0.29) is 17.4 Å². The fourth-order valence-corrected chi connectivity index (χ4v) is 4.36. The molecule has 1 aliphatic carbocycles.